The van der Waals surface area contributed by atoms with Gasteiger partial charge in [0.2, 0.25) is 0 Å². The minimum Gasteiger partial charge on any atom is -0.464 e. The zero-order valence-electron chi connectivity index (χ0n) is 16.9. The van der Waals surface area contributed by atoms with Crippen molar-refractivity contribution in [3.63, 3.8) is 0 Å². The molecule has 0 radical (unpaired) electrons. The Balaban J connectivity index is 2.12. The van der Waals surface area contributed by atoms with Crippen LogP contribution in [0.4, 0.5) is 5.69 Å². The van der Waals surface area contributed by atoms with Crippen LogP contribution in [0.25, 0.3) is 0 Å². The summed E-state index contributed by atoms with van der Waals surface area (Å²) in [5.74, 6) is 0.288. The molecule has 3 aromatic rings. The monoisotopic (exact) mass is 412 g/mol. The number of aryl methyl sites for hydroxylation is 1. The summed E-state index contributed by atoms with van der Waals surface area (Å²) < 4.78 is 9.59. The van der Waals surface area contributed by atoms with Crippen molar-refractivity contribution in [2.24, 2.45) is 0 Å². The summed E-state index contributed by atoms with van der Waals surface area (Å²) in [6, 6.07) is 11.5. The number of amides is 2. The Morgan fingerprint density at radius 2 is 1.93 bits per heavy atom. The maximum absolute atomic E-state index is 13.4. The molecule has 3 rings (SSSR count). The van der Waals surface area contributed by atoms with Crippen LogP contribution in [0.5, 0.6) is 0 Å². The van der Waals surface area contributed by atoms with Gasteiger partial charge in [0, 0.05) is 16.6 Å². The lowest BCUT2D eigenvalue weighted by Gasteiger charge is -2.33. The van der Waals surface area contributed by atoms with E-state index in [0.717, 1.165) is 18.0 Å². The van der Waals surface area contributed by atoms with E-state index < -0.39 is 17.5 Å². The molecule has 1 N–H and O–H groups in total. The highest BCUT2D eigenvalue weighted by atomic mass is 32.1. The van der Waals surface area contributed by atoms with Crippen molar-refractivity contribution in [2.75, 3.05) is 4.90 Å². The first-order valence-corrected chi connectivity index (χ1v) is 10.2. The quantitative estimate of drug-likeness (QED) is 0.630. The highest BCUT2D eigenvalue weighted by Crippen LogP contribution is 2.31. The number of anilines is 1. The third-order valence-corrected chi connectivity index (χ3v) is 5.22. The molecule has 8 heteroatoms. The molecule has 0 bridgehead atoms. The van der Waals surface area contributed by atoms with Gasteiger partial charge in [-0.15, -0.1) is 5.10 Å². The molecule has 0 aliphatic carbocycles. The molecule has 2 aromatic heterocycles. The molecular weight excluding hydrogens is 388 g/mol. The number of carbonyl (C=O) groups excluding carboxylic acids is 2. The van der Waals surface area contributed by atoms with E-state index >= 15 is 0 Å². The predicted octanol–water partition coefficient (Wildman–Crippen LogP) is 4.13. The van der Waals surface area contributed by atoms with Crippen LogP contribution in [-0.4, -0.2) is 26.9 Å². The van der Waals surface area contributed by atoms with Crippen LogP contribution >= 0.6 is 11.5 Å². The summed E-state index contributed by atoms with van der Waals surface area (Å²) in [7, 11) is 0. The van der Waals surface area contributed by atoms with Gasteiger partial charge in [0.25, 0.3) is 11.8 Å². The van der Waals surface area contributed by atoms with Crippen LogP contribution in [0, 0.1) is 6.92 Å². The number of aromatic nitrogens is 2. The molecule has 29 heavy (non-hydrogen) atoms. The first-order chi connectivity index (χ1) is 13.8. The van der Waals surface area contributed by atoms with Gasteiger partial charge in [-0.05, 0) is 63.0 Å². The van der Waals surface area contributed by atoms with Crippen molar-refractivity contribution in [3.8, 4) is 0 Å². The van der Waals surface area contributed by atoms with E-state index in [1.165, 1.54) is 4.90 Å². The second kappa shape index (κ2) is 8.57. The van der Waals surface area contributed by atoms with Crippen LogP contribution in [0.3, 0.4) is 0 Å². The van der Waals surface area contributed by atoms with Crippen molar-refractivity contribution in [3.05, 3.63) is 65.1 Å². The lowest BCUT2D eigenvalue weighted by Crippen LogP contribution is -2.50. The molecule has 7 nitrogen and oxygen atoms in total. The van der Waals surface area contributed by atoms with Crippen molar-refractivity contribution >= 4 is 29.0 Å². The van der Waals surface area contributed by atoms with E-state index in [1.54, 1.807) is 36.6 Å². The van der Waals surface area contributed by atoms with E-state index in [4.69, 9.17) is 4.42 Å². The number of carbonyl (C=O) groups is 2. The van der Waals surface area contributed by atoms with E-state index in [1.807, 2.05) is 39.0 Å². The number of hydrogen-bond donors (Lipinski definition) is 1. The summed E-state index contributed by atoms with van der Waals surface area (Å²) in [5.41, 5.74) is 0.300. The average molecular weight is 413 g/mol. The Morgan fingerprint density at radius 3 is 2.48 bits per heavy atom. The largest absolute Gasteiger partial charge is 0.464 e. The Kier molecular flexibility index (Phi) is 6.12. The molecule has 152 valence electrons. The van der Waals surface area contributed by atoms with Gasteiger partial charge in [-0.3, -0.25) is 14.5 Å². The molecule has 1 aromatic carbocycles. The van der Waals surface area contributed by atoms with Gasteiger partial charge < -0.3 is 9.73 Å². The number of rotatable bonds is 7. The fourth-order valence-electron chi connectivity index (χ4n) is 2.82. The Bertz CT molecular complexity index is 967. The minimum atomic E-state index is -0.994. The summed E-state index contributed by atoms with van der Waals surface area (Å²) in [6.07, 6.45) is 0.734. The fraction of sp³-hybridized carbons (Fsp3) is 0.333. The summed E-state index contributed by atoms with van der Waals surface area (Å²) in [5, 5.41) is 8.51. The number of nitrogens with zero attached hydrogens (tertiary/aromatic N) is 3. The van der Waals surface area contributed by atoms with Crippen molar-refractivity contribution in [2.45, 2.75) is 45.7 Å². The standard InChI is InChI=1S/C21H24N4O3S/c1-5-21(3,4)22-19(26)18(17-12-11-14(2)28-17)25(15-9-7-6-8-10-15)20(27)16-13-29-24-23-16/h6-13,18H,5H2,1-4H3,(H,22,26)/t18-/m0/s1. The molecule has 1 atom stereocenters. The summed E-state index contributed by atoms with van der Waals surface area (Å²) in [6.45, 7) is 7.67. The topological polar surface area (TPSA) is 88.3 Å². The van der Waals surface area contributed by atoms with Gasteiger partial charge in [-0.1, -0.05) is 29.6 Å². The molecule has 0 aliphatic heterocycles. The van der Waals surface area contributed by atoms with Crippen LogP contribution < -0.4 is 10.2 Å². The molecule has 0 fully saturated rings. The Morgan fingerprint density at radius 1 is 1.21 bits per heavy atom. The van der Waals surface area contributed by atoms with Gasteiger partial charge >= 0.3 is 0 Å². The third kappa shape index (κ3) is 4.71. The second-order valence-corrected chi connectivity index (χ2v) is 7.99. The number of furan rings is 1. The van der Waals surface area contributed by atoms with Gasteiger partial charge in [-0.2, -0.15) is 0 Å². The van der Waals surface area contributed by atoms with E-state index in [9.17, 15) is 9.59 Å². The Hall–Kier alpha value is -3.00. The van der Waals surface area contributed by atoms with Crippen LogP contribution in [-0.2, 0) is 4.79 Å². The van der Waals surface area contributed by atoms with Crippen LogP contribution in [0.15, 0.2) is 52.3 Å². The molecule has 2 heterocycles. The number of benzene rings is 1. The van der Waals surface area contributed by atoms with Gasteiger partial charge in [0.1, 0.15) is 11.5 Å². The highest BCUT2D eigenvalue weighted by molar-refractivity contribution is 7.03. The smallest absolute Gasteiger partial charge is 0.280 e. The van der Waals surface area contributed by atoms with Gasteiger partial charge in [0.15, 0.2) is 11.7 Å². The van der Waals surface area contributed by atoms with Crippen LogP contribution in [0.1, 0.15) is 55.2 Å². The molecule has 0 aliphatic rings. The Labute approximate surface area is 173 Å². The predicted molar refractivity (Wildman–Crippen MR) is 112 cm³/mol. The molecule has 0 saturated heterocycles. The van der Waals surface area contributed by atoms with Gasteiger partial charge in [0.05, 0.1) is 0 Å². The van der Waals surface area contributed by atoms with E-state index in [-0.39, 0.29) is 11.6 Å². The number of nitrogens with one attached hydrogen (secondary N) is 1. The van der Waals surface area contributed by atoms with E-state index in [0.29, 0.717) is 17.2 Å². The maximum Gasteiger partial charge on any atom is 0.280 e. The zero-order valence-corrected chi connectivity index (χ0v) is 17.7. The van der Waals surface area contributed by atoms with E-state index in [2.05, 4.69) is 14.9 Å². The molecule has 2 amide bonds. The number of hydrogen-bond acceptors (Lipinski definition) is 6. The first kappa shape index (κ1) is 20.7. The lowest BCUT2D eigenvalue weighted by molar-refractivity contribution is -0.124. The maximum atomic E-state index is 13.4. The normalized spacial score (nSPS) is 12.4. The third-order valence-electron chi connectivity index (χ3n) is 4.71. The molecular formula is C21H24N4O3S. The first-order valence-electron chi connectivity index (χ1n) is 9.36. The van der Waals surface area contributed by atoms with Crippen molar-refractivity contribution in [1.82, 2.24) is 14.9 Å². The second-order valence-electron chi connectivity index (χ2n) is 7.38. The SMILES string of the molecule is CCC(C)(C)NC(=O)[C@H](c1ccc(C)o1)N(C(=O)c1csnn1)c1ccccc1. The van der Waals surface area contributed by atoms with Crippen molar-refractivity contribution in [1.29, 1.82) is 0 Å². The fourth-order valence-corrected chi connectivity index (χ4v) is 3.25. The molecule has 0 unspecified atom stereocenters. The minimum absolute atomic E-state index is 0.176. The summed E-state index contributed by atoms with van der Waals surface area (Å²) >= 11 is 1.08. The zero-order chi connectivity index (χ0) is 21.0. The molecule has 0 spiro atoms. The summed E-state index contributed by atoms with van der Waals surface area (Å²) in [4.78, 5) is 28.2. The van der Waals surface area contributed by atoms with Crippen molar-refractivity contribution < 1.29 is 14.0 Å². The van der Waals surface area contributed by atoms with Gasteiger partial charge in [-0.25, -0.2) is 0 Å². The van der Waals surface area contributed by atoms with Crippen LogP contribution in [0.2, 0.25) is 0 Å². The average Bonchev–Trinajstić information content (AvgIpc) is 3.37. The molecule has 0 saturated carbocycles. The number of para-hydroxylation sites is 1. The lowest BCUT2D eigenvalue weighted by atomic mass is 10.0. The highest BCUT2D eigenvalue weighted by Gasteiger charge is 2.38.